The Balaban J connectivity index is 2.00. The Bertz CT molecular complexity index is 309. The topological polar surface area (TPSA) is 25.9 Å². The van der Waals surface area contributed by atoms with E-state index in [0.29, 0.717) is 0 Å². The molecule has 0 radical (unpaired) electrons. The summed E-state index contributed by atoms with van der Waals surface area (Å²) in [6.45, 7) is 1.09. The summed E-state index contributed by atoms with van der Waals surface area (Å²) >= 11 is 0. The molecule has 0 bridgehead atoms. The summed E-state index contributed by atoms with van der Waals surface area (Å²) in [5, 5.41) is 0. The summed E-state index contributed by atoms with van der Waals surface area (Å²) in [5.74, 6) is 0.860. The molecule has 1 rings (SSSR count). The fourth-order valence-corrected chi connectivity index (χ4v) is 2.20. The van der Waals surface area contributed by atoms with Gasteiger partial charge in [-0.15, -0.1) is 0 Å². The first kappa shape index (κ1) is 12.4. The highest BCUT2D eigenvalue weighted by Crippen LogP contribution is 2.02. The van der Waals surface area contributed by atoms with Gasteiger partial charge in [0.25, 0.3) is 0 Å². The molecule has 1 heterocycles. The number of aryl methyl sites for hydroxylation is 2. The normalized spacial score (nSPS) is 12.9. The molecule has 0 saturated carbocycles. The molecule has 1 aromatic heterocycles. The Morgan fingerprint density at radius 2 is 2.00 bits per heavy atom. The van der Waals surface area contributed by atoms with E-state index in [1.165, 1.54) is 19.3 Å². The van der Waals surface area contributed by atoms with Crippen molar-refractivity contribution >= 4 is 10.8 Å². The van der Waals surface area contributed by atoms with Crippen LogP contribution in [0.5, 0.6) is 0 Å². The van der Waals surface area contributed by atoms with Crippen LogP contribution in [0.4, 0.5) is 0 Å². The molecule has 0 amide bonds. The van der Waals surface area contributed by atoms with Gasteiger partial charge in [-0.1, -0.05) is 6.42 Å². The summed E-state index contributed by atoms with van der Waals surface area (Å²) in [5.41, 5.74) is 0. The van der Waals surface area contributed by atoms with Crippen molar-refractivity contribution in [3.8, 4) is 0 Å². The van der Waals surface area contributed by atoms with Gasteiger partial charge in [-0.05, 0) is 19.3 Å². The molecule has 1 aromatic rings. The average molecular weight is 229 g/mol. The average Bonchev–Trinajstić information content (AvgIpc) is 2.57. The fraction of sp³-hybridized carbons (Fsp3) is 0.727. The van der Waals surface area contributed by atoms with Crippen LogP contribution in [0.15, 0.2) is 18.7 Å². The summed E-state index contributed by atoms with van der Waals surface area (Å²) in [4.78, 5) is 0. The van der Waals surface area contributed by atoms with Gasteiger partial charge in [-0.25, -0.2) is 9.13 Å². The van der Waals surface area contributed by atoms with E-state index in [-0.39, 0.29) is 0 Å². The minimum Gasteiger partial charge on any atom is -0.260 e. The smallest absolute Gasteiger partial charge is 0.243 e. The zero-order valence-electron chi connectivity index (χ0n) is 9.69. The van der Waals surface area contributed by atoms with E-state index < -0.39 is 10.8 Å². The standard InChI is InChI=1S/C11H21N2OS/c1-12-8-9-13(11-12)7-5-3-4-6-10-15(2)14/h8-9,11H,3-7,10H2,1-2H3/q+1/t15-/m0/s1. The molecule has 0 aliphatic heterocycles. The molecule has 0 unspecified atom stereocenters. The van der Waals surface area contributed by atoms with E-state index in [2.05, 4.69) is 27.9 Å². The van der Waals surface area contributed by atoms with Crippen molar-refractivity contribution in [1.29, 1.82) is 0 Å². The van der Waals surface area contributed by atoms with Crippen LogP contribution in [0, 0.1) is 0 Å². The Kier molecular flexibility index (Phi) is 5.61. The van der Waals surface area contributed by atoms with Crippen molar-refractivity contribution in [2.45, 2.75) is 32.2 Å². The number of nitrogens with zero attached hydrogens (tertiary/aromatic N) is 2. The third kappa shape index (κ3) is 5.72. The molecule has 15 heavy (non-hydrogen) atoms. The van der Waals surface area contributed by atoms with Gasteiger partial charge in [0.2, 0.25) is 6.33 Å². The van der Waals surface area contributed by atoms with Gasteiger partial charge >= 0.3 is 0 Å². The molecule has 0 aliphatic rings. The second kappa shape index (κ2) is 6.77. The molecule has 3 nitrogen and oxygen atoms in total. The maximum Gasteiger partial charge on any atom is 0.243 e. The Morgan fingerprint density at radius 1 is 1.27 bits per heavy atom. The van der Waals surface area contributed by atoms with Gasteiger partial charge in [0.1, 0.15) is 12.4 Å². The number of hydrogen-bond donors (Lipinski definition) is 0. The molecule has 0 aliphatic carbocycles. The summed E-state index contributed by atoms with van der Waals surface area (Å²) in [6.07, 6.45) is 12.8. The number of rotatable bonds is 7. The Labute approximate surface area is 94.6 Å². The van der Waals surface area contributed by atoms with Crippen molar-refractivity contribution in [2.75, 3.05) is 12.0 Å². The monoisotopic (exact) mass is 229 g/mol. The van der Waals surface area contributed by atoms with Crippen LogP contribution in [-0.2, 0) is 24.4 Å². The van der Waals surface area contributed by atoms with E-state index in [1.807, 2.05) is 7.05 Å². The van der Waals surface area contributed by atoms with Crippen LogP contribution in [-0.4, -0.2) is 20.8 Å². The molecule has 86 valence electrons. The van der Waals surface area contributed by atoms with Crippen molar-refractivity contribution in [2.24, 2.45) is 7.05 Å². The first-order chi connectivity index (χ1) is 7.18. The second-order valence-electron chi connectivity index (χ2n) is 4.01. The molecular formula is C11H21N2OS+. The maximum absolute atomic E-state index is 10.8. The zero-order chi connectivity index (χ0) is 11.1. The maximum atomic E-state index is 10.8. The van der Waals surface area contributed by atoms with E-state index in [0.717, 1.165) is 18.7 Å². The van der Waals surface area contributed by atoms with Crippen LogP contribution in [0.1, 0.15) is 25.7 Å². The number of aromatic nitrogens is 2. The van der Waals surface area contributed by atoms with Crippen molar-refractivity contribution in [1.82, 2.24) is 4.57 Å². The summed E-state index contributed by atoms with van der Waals surface area (Å²) < 4.78 is 15.1. The highest BCUT2D eigenvalue weighted by molar-refractivity contribution is 7.84. The third-order valence-electron chi connectivity index (χ3n) is 2.42. The Hall–Kier alpha value is -0.640. The van der Waals surface area contributed by atoms with E-state index in [4.69, 9.17) is 0 Å². The lowest BCUT2D eigenvalue weighted by atomic mass is 10.2. The highest BCUT2D eigenvalue weighted by Gasteiger charge is 1.99. The molecule has 0 N–H and O–H groups in total. The molecule has 0 fully saturated rings. The molecular weight excluding hydrogens is 208 g/mol. The van der Waals surface area contributed by atoms with E-state index in [1.54, 1.807) is 6.26 Å². The van der Waals surface area contributed by atoms with Gasteiger partial charge in [-0.2, -0.15) is 0 Å². The first-order valence-electron chi connectivity index (χ1n) is 5.49. The van der Waals surface area contributed by atoms with E-state index in [9.17, 15) is 4.21 Å². The lowest BCUT2D eigenvalue weighted by Crippen LogP contribution is -2.23. The van der Waals surface area contributed by atoms with Crippen LogP contribution in [0.2, 0.25) is 0 Å². The first-order valence-corrected chi connectivity index (χ1v) is 7.22. The lowest BCUT2D eigenvalue weighted by Gasteiger charge is -1.98. The van der Waals surface area contributed by atoms with Crippen LogP contribution in [0.3, 0.4) is 0 Å². The summed E-state index contributed by atoms with van der Waals surface area (Å²) in [7, 11) is 1.42. The summed E-state index contributed by atoms with van der Waals surface area (Å²) in [6, 6.07) is 0. The van der Waals surface area contributed by atoms with Gasteiger partial charge in [0.05, 0.1) is 13.6 Å². The quantitative estimate of drug-likeness (QED) is 0.510. The van der Waals surface area contributed by atoms with Crippen molar-refractivity contribution < 1.29 is 8.78 Å². The van der Waals surface area contributed by atoms with Gasteiger partial charge < -0.3 is 0 Å². The lowest BCUT2D eigenvalue weighted by molar-refractivity contribution is -0.671. The van der Waals surface area contributed by atoms with Crippen LogP contribution >= 0.6 is 0 Å². The minimum atomic E-state index is -0.612. The van der Waals surface area contributed by atoms with Gasteiger partial charge in [0.15, 0.2) is 0 Å². The predicted octanol–water partition coefficient (Wildman–Crippen LogP) is 1.25. The molecule has 1 atom stereocenters. The minimum absolute atomic E-state index is 0.612. The highest BCUT2D eigenvalue weighted by atomic mass is 32.2. The predicted molar refractivity (Wildman–Crippen MR) is 63.0 cm³/mol. The van der Waals surface area contributed by atoms with Crippen molar-refractivity contribution in [3.63, 3.8) is 0 Å². The van der Waals surface area contributed by atoms with Gasteiger partial charge in [0, 0.05) is 22.8 Å². The second-order valence-corrected chi connectivity index (χ2v) is 5.56. The molecule has 0 aromatic carbocycles. The van der Waals surface area contributed by atoms with E-state index >= 15 is 0 Å². The Morgan fingerprint density at radius 3 is 2.60 bits per heavy atom. The van der Waals surface area contributed by atoms with Crippen molar-refractivity contribution in [3.05, 3.63) is 18.7 Å². The SMILES string of the molecule is C[n+]1ccn(CCCCCC[S@](C)=O)c1. The molecule has 4 heteroatoms. The largest absolute Gasteiger partial charge is 0.260 e. The van der Waals surface area contributed by atoms with Crippen LogP contribution < -0.4 is 4.57 Å². The molecule has 0 spiro atoms. The fourth-order valence-electron chi connectivity index (χ4n) is 1.59. The number of imidazole rings is 1. The number of unbranched alkanes of at least 4 members (excludes halogenated alkanes) is 3. The van der Waals surface area contributed by atoms with Crippen LogP contribution in [0.25, 0.3) is 0 Å². The molecule has 0 saturated heterocycles. The van der Waals surface area contributed by atoms with Gasteiger partial charge in [-0.3, -0.25) is 4.21 Å². The zero-order valence-corrected chi connectivity index (χ0v) is 10.5. The third-order valence-corrected chi connectivity index (χ3v) is 3.29. The number of hydrogen-bond acceptors (Lipinski definition) is 1.